The predicted octanol–water partition coefficient (Wildman–Crippen LogP) is 10.8. The molecule has 8 nitrogen and oxygen atoms in total. The molecule has 6 rings (SSSR count). The first-order valence-electron chi connectivity index (χ1n) is 23.1. The van der Waals surface area contributed by atoms with Crippen LogP contribution in [0.1, 0.15) is 181 Å². The minimum Gasteiger partial charge on any atom is -0.480 e. The fourth-order valence-electron chi connectivity index (χ4n) is 13.7. The number of esters is 1. The van der Waals surface area contributed by atoms with E-state index in [4.69, 9.17) is 9.84 Å². The van der Waals surface area contributed by atoms with Gasteiger partial charge in [0.15, 0.2) is 0 Å². The zero-order valence-corrected chi connectivity index (χ0v) is 37.1. The first-order valence-corrected chi connectivity index (χ1v) is 23.1. The molecule has 3 N–H and O–H groups in total. The van der Waals surface area contributed by atoms with Gasteiger partial charge in [-0.1, -0.05) is 117 Å². The second kappa shape index (κ2) is 17.4. The van der Waals surface area contributed by atoms with Gasteiger partial charge in [0.1, 0.15) is 12.6 Å². The van der Waals surface area contributed by atoms with Crippen LogP contribution in [0.15, 0.2) is 42.0 Å². The van der Waals surface area contributed by atoms with Crippen molar-refractivity contribution in [2.45, 2.75) is 177 Å². The largest absolute Gasteiger partial charge is 0.480 e. The van der Waals surface area contributed by atoms with Crippen LogP contribution in [-0.4, -0.2) is 48.1 Å². The van der Waals surface area contributed by atoms with Crippen molar-refractivity contribution in [3.05, 3.63) is 47.5 Å². The van der Waals surface area contributed by atoms with Gasteiger partial charge in [0.05, 0.1) is 11.0 Å². The van der Waals surface area contributed by atoms with E-state index >= 15 is 0 Å². The third-order valence-electron chi connectivity index (χ3n) is 17.3. The van der Waals surface area contributed by atoms with Gasteiger partial charge in [0.2, 0.25) is 11.8 Å². The van der Waals surface area contributed by atoms with Crippen LogP contribution in [0.25, 0.3) is 0 Å². The minimum absolute atomic E-state index is 0.0549. The van der Waals surface area contributed by atoms with Crippen molar-refractivity contribution in [3.63, 3.8) is 0 Å². The number of unbranched alkanes of at least 4 members (excludes halogenated alkanes) is 7. The normalized spacial score (nSPS) is 34.5. The van der Waals surface area contributed by atoms with Crippen LogP contribution in [0.2, 0.25) is 0 Å². The molecule has 5 aliphatic rings. The summed E-state index contributed by atoms with van der Waals surface area (Å²) in [4.78, 5) is 50.1. The average Bonchev–Trinajstić information content (AvgIpc) is 3.17. The van der Waals surface area contributed by atoms with E-state index in [0.29, 0.717) is 29.7 Å². The molecule has 0 spiro atoms. The lowest BCUT2D eigenvalue weighted by Gasteiger charge is -2.71. The molecule has 0 radical (unpaired) electrons. The van der Waals surface area contributed by atoms with Crippen LogP contribution < -0.4 is 10.6 Å². The number of carboxylic acid groups (broad SMARTS) is 1. The molecule has 4 fully saturated rings. The Kier molecular flexibility index (Phi) is 13.3. The molecule has 3 unspecified atom stereocenters. The molecule has 322 valence electrons. The Bertz CT molecular complexity index is 1690. The minimum atomic E-state index is -1.01. The molecule has 0 bridgehead atoms. The molecule has 0 aliphatic heterocycles. The quantitative estimate of drug-likeness (QED) is 0.0869. The number of allylic oxidation sites excluding steroid dienone is 2. The number of amides is 2. The van der Waals surface area contributed by atoms with E-state index in [1.165, 1.54) is 6.42 Å². The van der Waals surface area contributed by atoms with Gasteiger partial charge < -0.3 is 20.5 Å². The zero-order chi connectivity index (χ0) is 42.0. The third kappa shape index (κ3) is 8.55. The van der Waals surface area contributed by atoms with Crippen molar-refractivity contribution in [1.29, 1.82) is 0 Å². The maximum atomic E-state index is 14.5. The zero-order valence-electron chi connectivity index (χ0n) is 37.1. The van der Waals surface area contributed by atoms with E-state index in [1.54, 1.807) is 5.57 Å². The monoisotopic (exact) mass is 801 g/mol. The lowest BCUT2D eigenvalue weighted by atomic mass is 9.33. The van der Waals surface area contributed by atoms with E-state index in [1.807, 2.05) is 30.3 Å². The summed E-state index contributed by atoms with van der Waals surface area (Å²) in [5, 5.41) is 14.6. The molecular weight excluding hydrogens is 725 g/mol. The summed E-state index contributed by atoms with van der Waals surface area (Å²) in [6, 6.07) is 9.46. The number of hydrogen-bond acceptors (Lipinski definition) is 5. The van der Waals surface area contributed by atoms with Crippen LogP contribution >= 0.6 is 0 Å². The van der Waals surface area contributed by atoms with Gasteiger partial charge in [-0.3, -0.25) is 14.4 Å². The van der Waals surface area contributed by atoms with E-state index in [0.717, 1.165) is 116 Å². The SMILES string of the molecule is CC1(C)CC[C@]2(C(=O)NCCCCCCCCCCC(=O)NCC(=O)O)CC[C@]3(C)C(=CCC4[C@@]5(C)CC[C@H](OC(=O)c6ccccc6)C(C)(C)C5CC[C@]43C)C2C1. The topological polar surface area (TPSA) is 122 Å². The molecular formula is C50H76N2O6. The number of nitrogens with one attached hydrogen (secondary N) is 2. The summed E-state index contributed by atoms with van der Waals surface area (Å²) < 4.78 is 6.34. The molecule has 4 saturated carbocycles. The second-order valence-corrected chi connectivity index (χ2v) is 21.5. The third-order valence-corrected chi connectivity index (χ3v) is 17.3. The van der Waals surface area contributed by atoms with E-state index in [-0.39, 0.29) is 62.9 Å². The van der Waals surface area contributed by atoms with Gasteiger partial charge >= 0.3 is 11.9 Å². The van der Waals surface area contributed by atoms with E-state index < -0.39 is 5.97 Å². The molecule has 8 heteroatoms. The molecule has 2 amide bonds. The van der Waals surface area contributed by atoms with Gasteiger partial charge in [0, 0.05) is 18.4 Å². The van der Waals surface area contributed by atoms with Gasteiger partial charge in [-0.2, -0.15) is 0 Å². The number of carbonyl (C=O) groups is 4. The van der Waals surface area contributed by atoms with Crippen molar-refractivity contribution in [2.24, 2.45) is 50.2 Å². The molecule has 1 aromatic rings. The maximum absolute atomic E-state index is 14.5. The number of fused-ring (bicyclic) bond motifs is 7. The highest BCUT2D eigenvalue weighted by atomic mass is 16.5. The van der Waals surface area contributed by atoms with Crippen LogP contribution in [-0.2, 0) is 19.1 Å². The Morgan fingerprint density at radius 1 is 0.741 bits per heavy atom. The van der Waals surface area contributed by atoms with Crippen molar-refractivity contribution in [3.8, 4) is 0 Å². The summed E-state index contributed by atoms with van der Waals surface area (Å²) in [5.74, 6) is 0.204. The molecule has 1 aromatic carbocycles. The molecule has 58 heavy (non-hydrogen) atoms. The Labute approximate surface area is 349 Å². The van der Waals surface area contributed by atoms with Gasteiger partial charge in [-0.15, -0.1) is 0 Å². The van der Waals surface area contributed by atoms with Crippen LogP contribution in [0.4, 0.5) is 0 Å². The molecule has 0 aromatic heterocycles. The maximum Gasteiger partial charge on any atom is 0.338 e. The van der Waals surface area contributed by atoms with Gasteiger partial charge in [-0.25, -0.2) is 4.79 Å². The summed E-state index contributed by atoms with van der Waals surface area (Å²) in [6.07, 6.45) is 22.0. The highest BCUT2D eigenvalue weighted by Crippen LogP contribution is 2.76. The summed E-state index contributed by atoms with van der Waals surface area (Å²) in [5.41, 5.74) is 2.35. The Balaban J connectivity index is 1.06. The predicted molar refractivity (Wildman–Crippen MR) is 230 cm³/mol. The molecule has 0 heterocycles. The fraction of sp³-hybridized carbons (Fsp3) is 0.760. The highest BCUT2D eigenvalue weighted by Gasteiger charge is 2.69. The number of carboxylic acids is 1. The number of rotatable bonds is 16. The summed E-state index contributed by atoms with van der Waals surface area (Å²) in [7, 11) is 0. The summed E-state index contributed by atoms with van der Waals surface area (Å²) in [6.45, 7) is 17.8. The number of aliphatic carboxylic acids is 1. The van der Waals surface area contributed by atoms with Gasteiger partial charge in [0.25, 0.3) is 0 Å². The number of benzene rings is 1. The van der Waals surface area contributed by atoms with Crippen molar-refractivity contribution in [1.82, 2.24) is 10.6 Å². The first kappa shape index (κ1) is 44.4. The van der Waals surface area contributed by atoms with Crippen molar-refractivity contribution in [2.75, 3.05) is 13.1 Å². The fourth-order valence-corrected chi connectivity index (χ4v) is 13.7. The first-order chi connectivity index (χ1) is 27.4. The molecule has 5 aliphatic carbocycles. The Morgan fingerprint density at radius 3 is 2.09 bits per heavy atom. The van der Waals surface area contributed by atoms with E-state index in [2.05, 4.69) is 65.2 Å². The average molecular weight is 801 g/mol. The smallest absolute Gasteiger partial charge is 0.338 e. The number of carbonyl (C=O) groups excluding carboxylic acids is 3. The van der Waals surface area contributed by atoms with Crippen LogP contribution in [0.5, 0.6) is 0 Å². The molecule has 8 atom stereocenters. The van der Waals surface area contributed by atoms with E-state index in [9.17, 15) is 19.2 Å². The van der Waals surface area contributed by atoms with Crippen LogP contribution in [0.3, 0.4) is 0 Å². The summed E-state index contributed by atoms with van der Waals surface area (Å²) >= 11 is 0. The molecule has 0 saturated heterocycles. The van der Waals surface area contributed by atoms with Crippen molar-refractivity contribution < 1.29 is 29.0 Å². The lowest BCUT2D eigenvalue weighted by molar-refractivity contribution is -0.204. The lowest BCUT2D eigenvalue weighted by Crippen LogP contribution is -2.65. The number of ether oxygens (including phenoxy) is 1. The van der Waals surface area contributed by atoms with Crippen LogP contribution in [0, 0.1) is 50.2 Å². The van der Waals surface area contributed by atoms with Gasteiger partial charge in [-0.05, 0) is 129 Å². The standard InChI is InChI=1S/C50H76N2O6/c1-45(2)28-30-50(44(57)51-32-18-13-11-9-8-10-12-17-21-41(53)52-34-42(54)55)31-29-48(6)36(37(50)33-45)22-23-39-47(5)26-25-40(58-43(56)35-19-15-14-16-20-35)46(3,4)38(47)24-27-49(39,48)7/h14-16,19-20,22,37-40H,8-13,17-18,21,23-34H2,1-7H3,(H,51,57)(H,52,53)(H,54,55)/t37?,38?,39?,40-,47-,48+,49+,50-/m0/s1. The number of hydrogen-bond donors (Lipinski definition) is 3. The highest BCUT2D eigenvalue weighted by molar-refractivity contribution is 5.89. The Morgan fingerprint density at radius 2 is 1.40 bits per heavy atom. The Hall–Kier alpha value is -3.16. The van der Waals surface area contributed by atoms with Crippen molar-refractivity contribution >= 4 is 23.8 Å². The second-order valence-electron chi connectivity index (χ2n) is 21.5.